The normalized spacial score (nSPS) is 10.9. The molecular weight excluding hydrogens is 268 g/mol. The number of amides is 1. The molecule has 6 nitrogen and oxygen atoms in total. The Morgan fingerprint density at radius 1 is 1.21 bits per heavy atom. The zero-order valence-corrected chi connectivity index (χ0v) is 12.3. The Hall–Kier alpha value is -1.76. The van der Waals surface area contributed by atoms with E-state index in [0.717, 1.165) is 10.6 Å². The van der Waals surface area contributed by atoms with E-state index < -0.39 is 10.0 Å². The Kier molecular flexibility index (Phi) is 4.77. The third-order valence-electron chi connectivity index (χ3n) is 2.54. The fraction of sp³-hybridized carbons (Fsp3) is 0.417. The lowest BCUT2D eigenvalue weighted by Gasteiger charge is -2.23. The van der Waals surface area contributed by atoms with E-state index in [1.165, 1.54) is 12.0 Å². The van der Waals surface area contributed by atoms with E-state index in [4.69, 9.17) is 4.74 Å². The largest absolute Gasteiger partial charge is 0.497 e. The van der Waals surface area contributed by atoms with Gasteiger partial charge in [0, 0.05) is 14.1 Å². The molecular formula is C12H18N2O4S. The van der Waals surface area contributed by atoms with E-state index in [9.17, 15) is 13.2 Å². The summed E-state index contributed by atoms with van der Waals surface area (Å²) in [6.07, 6.45) is 1.07. The zero-order valence-electron chi connectivity index (χ0n) is 11.5. The molecule has 0 atom stereocenters. The summed E-state index contributed by atoms with van der Waals surface area (Å²) in [4.78, 5) is 13.0. The predicted octanol–water partition coefficient (Wildman–Crippen LogP) is 0.549. The summed E-state index contributed by atoms with van der Waals surface area (Å²) in [5.74, 6) is 0.331. The van der Waals surface area contributed by atoms with Crippen molar-refractivity contribution in [1.82, 2.24) is 4.90 Å². The molecule has 0 N–H and O–H groups in total. The number of nitrogens with zero attached hydrogens (tertiary/aromatic N) is 2. The summed E-state index contributed by atoms with van der Waals surface area (Å²) in [6.45, 7) is -0.224. The van der Waals surface area contributed by atoms with Gasteiger partial charge in [0.1, 0.15) is 12.3 Å². The molecule has 1 amide bonds. The van der Waals surface area contributed by atoms with Crippen LogP contribution < -0.4 is 9.04 Å². The van der Waals surface area contributed by atoms with E-state index in [0.29, 0.717) is 11.4 Å². The molecule has 0 saturated heterocycles. The lowest BCUT2D eigenvalue weighted by atomic mass is 10.3. The molecule has 7 heteroatoms. The first-order valence-corrected chi connectivity index (χ1v) is 7.42. The summed E-state index contributed by atoms with van der Waals surface area (Å²) in [7, 11) is 1.17. The molecule has 1 rings (SSSR count). The maximum atomic E-state index is 11.8. The second-order valence-corrected chi connectivity index (χ2v) is 6.16. The minimum atomic E-state index is -3.52. The van der Waals surface area contributed by atoms with Crippen molar-refractivity contribution in [3.05, 3.63) is 24.3 Å². The van der Waals surface area contributed by atoms with Crippen molar-refractivity contribution in [2.24, 2.45) is 0 Å². The molecule has 19 heavy (non-hydrogen) atoms. The minimum absolute atomic E-state index is 0.224. The SMILES string of the molecule is COc1ccc(N(CC(=O)N(C)C)S(C)(=O)=O)cc1. The van der Waals surface area contributed by atoms with Crippen LogP contribution in [0.1, 0.15) is 0 Å². The Morgan fingerprint density at radius 3 is 2.11 bits per heavy atom. The fourth-order valence-electron chi connectivity index (χ4n) is 1.41. The second-order valence-electron chi connectivity index (χ2n) is 4.26. The number of hydrogen-bond acceptors (Lipinski definition) is 4. The van der Waals surface area contributed by atoms with Gasteiger partial charge in [0.25, 0.3) is 0 Å². The van der Waals surface area contributed by atoms with Crippen molar-refractivity contribution in [2.45, 2.75) is 0 Å². The van der Waals surface area contributed by atoms with Crippen LogP contribution in [0.2, 0.25) is 0 Å². The van der Waals surface area contributed by atoms with Crippen molar-refractivity contribution < 1.29 is 17.9 Å². The number of benzene rings is 1. The van der Waals surface area contributed by atoms with Gasteiger partial charge in [0.15, 0.2) is 0 Å². The standard InChI is InChI=1S/C12H18N2O4S/c1-13(2)12(15)9-14(19(4,16)17)10-5-7-11(18-3)8-6-10/h5-8H,9H2,1-4H3. The molecule has 0 unspecified atom stereocenters. The van der Waals surface area contributed by atoms with Crippen molar-refractivity contribution in [1.29, 1.82) is 0 Å². The van der Waals surface area contributed by atoms with Gasteiger partial charge in [-0.2, -0.15) is 0 Å². The highest BCUT2D eigenvalue weighted by atomic mass is 32.2. The van der Waals surface area contributed by atoms with Gasteiger partial charge in [-0.05, 0) is 24.3 Å². The first kappa shape index (κ1) is 15.3. The van der Waals surface area contributed by atoms with Crippen LogP contribution in [0.4, 0.5) is 5.69 Å². The fourth-order valence-corrected chi connectivity index (χ4v) is 2.26. The first-order valence-electron chi connectivity index (χ1n) is 5.57. The van der Waals surface area contributed by atoms with Gasteiger partial charge in [-0.25, -0.2) is 8.42 Å². The predicted molar refractivity (Wildman–Crippen MR) is 73.9 cm³/mol. The summed E-state index contributed by atoms with van der Waals surface area (Å²) in [5, 5.41) is 0. The molecule has 0 fully saturated rings. The Morgan fingerprint density at radius 2 is 1.74 bits per heavy atom. The van der Waals surface area contributed by atoms with E-state index in [-0.39, 0.29) is 12.5 Å². The van der Waals surface area contributed by atoms with Gasteiger partial charge in [0.2, 0.25) is 15.9 Å². The zero-order chi connectivity index (χ0) is 14.6. The van der Waals surface area contributed by atoms with Crippen molar-refractivity contribution in [2.75, 3.05) is 38.3 Å². The van der Waals surface area contributed by atoms with Gasteiger partial charge in [-0.15, -0.1) is 0 Å². The number of hydrogen-bond donors (Lipinski definition) is 0. The first-order chi connectivity index (χ1) is 8.75. The molecule has 0 radical (unpaired) electrons. The van der Waals surface area contributed by atoms with Gasteiger partial charge >= 0.3 is 0 Å². The number of carbonyl (C=O) groups excluding carboxylic acids is 1. The molecule has 0 saturated carbocycles. The van der Waals surface area contributed by atoms with E-state index in [1.807, 2.05) is 0 Å². The van der Waals surface area contributed by atoms with Crippen molar-refractivity contribution in [3.8, 4) is 5.75 Å². The molecule has 0 heterocycles. The van der Waals surface area contributed by atoms with Crippen LogP contribution in [0.15, 0.2) is 24.3 Å². The van der Waals surface area contributed by atoms with Crippen LogP contribution in [-0.2, 0) is 14.8 Å². The quantitative estimate of drug-likeness (QED) is 0.793. The second kappa shape index (κ2) is 5.92. The maximum Gasteiger partial charge on any atom is 0.242 e. The van der Waals surface area contributed by atoms with Crippen molar-refractivity contribution >= 4 is 21.6 Å². The minimum Gasteiger partial charge on any atom is -0.497 e. The topological polar surface area (TPSA) is 66.9 Å². The van der Waals surface area contributed by atoms with Gasteiger partial charge in [-0.1, -0.05) is 0 Å². The number of sulfonamides is 1. The Balaban J connectivity index is 3.07. The summed E-state index contributed by atoms with van der Waals surface area (Å²) < 4.78 is 29.6. The van der Waals surface area contributed by atoms with Gasteiger partial charge in [0.05, 0.1) is 19.1 Å². The Labute approximate surface area is 113 Å². The average molecular weight is 286 g/mol. The molecule has 1 aromatic carbocycles. The van der Waals surface area contributed by atoms with Crippen LogP contribution in [0.5, 0.6) is 5.75 Å². The molecule has 106 valence electrons. The third-order valence-corrected chi connectivity index (χ3v) is 3.68. The lowest BCUT2D eigenvalue weighted by molar-refractivity contribution is -0.127. The molecule has 0 aliphatic heterocycles. The monoisotopic (exact) mass is 286 g/mol. The molecule has 0 spiro atoms. The molecule has 0 bridgehead atoms. The average Bonchev–Trinajstić information content (AvgIpc) is 2.34. The van der Waals surface area contributed by atoms with Crippen LogP contribution in [0.3, 0.4) is 0 Å². The highest BCUT2D eigenvalue weighted by molar-refractivity contribution is 7.92. The number of anilines is 1. The highest BCUT2D eigenvalue weighted by Crippen LogP contribution is 2.21. The van der Waals surface area contributed by atoms with Gasteiger partial charge < -0.3 is 9.64 Å². The van der Waals surface area contributed by atoms with Crippen LogP contribution in [-0.4, -0.2) is 53.2 Å². The molecule has 1 aromatic rings. The van der Waals surface area contributed by atoms with E-state index >= 15 is 0 Å². The molecule has 0 aliphatic rings. The third kappa shape index (κ3) is 4.13. The van der Waals surface area contributed by atoms with Crippen LogP contribution in [0, 0.1) is 0 Å². The van der Waals surface area contributed by atoms with Crippen molar-refractivity contribution in [3.63, 3.8) is 0 Å². The molecule has 0 aliphatic carbocycles. The number of methoxy groups -OCH3 is 1. The summed E-state index contributed by atoms with van der Waals surface area (Å²) >= 11 is 0. The summed E-state index contributed by atoms with van der Waals surface area (Å²) in [6, 6.07) is 6.49. The van der Waals surface area contributed by atoms with E-state index in [2.05, 4.69) is 0 Å². The smallest absolute Gasteiger partial charge is 0.242 e. The lowest BCUT2D eigenvalue weighted by Crippen LogP contribution is -2.39. The number of ether oxygens (including phenoxy) is 1. The van der Waals surface area contributed by atoms with Gasteiger partial charge in [-0.3, -0.25) is 9.10 Å². The summed E-state index contributed by atoms with van der Waals surface area (Å²) in [5.41, 5.74) is 0.429. The highest BCUT2D eigenvalue weighted by Gasteiger charge is 2.21. The molecule has 0 aromatic heterocycles. The van der Waals surface area contributed by atoms with Crippen LogP contribution >= 0.6 is 0 Å². The number of likely N-dealkylation sites (N-methyl/N-ethyl adjacent to an activating group) is 1. The number of carbonyl (C=O) groups is 1. The maximum absolute atomic E-state index is 11.8. The van der Waals surface area contributed by atoms with E-state index in [1.54, 1.807) is 38.4 Å². The van der Waals surface area contributed by atoms with Crippen LogP contribution in [0.25, 0.3) is 0 Å². The number of rotatable bonds is 5. The Bertz CT molecular complexity index is 537.